The van der Waals surface area contributed by atoms with Gasteiger partial charge in [0.15, 0.2) is 11.5 Å². The van der Waals surface area contributed by atoms with Crippen LogP contribution in [-0.2, 0) is 6.42 Å². The summed E-state index contributed by atoms with van der Waals surface area (Å²) in [6.45, 7) is 5.47. The first-order chi connectivity index (χ1) is 11.2. The lowest BCUT2D eigenvalue weighted by Crippen LogP contribution is -2.15. The molecule has 23 heavy (non-hydrogen) atoms. The topological polar surface area (TPSA) is 57.4 Å². The minimum atomic E-state index is 0.241. The Morgan fingerprint density at radius 3 is 2.74 bits per heavy atom. The molecule has 0 spiro atoms. The number of aromatic nitrogens is 1. The first-order valence-corrected chi connectivity index (χ1v) is 8.97. The second-order valence-corrected chi connectivity index (χ2v) is 6.54. The van der Waals surface area contributed by atoms with Gasteiger partial charge < -0.3 is 15.2 Å². The molecule has 0 aliphatic heterocycles. The van der Waals surface area contributed by atoms with E-state index < -0.39 is 0 Å². The van der Waals surface area contributed by atoms with Gasteiger partial charge in [-0.2, -0.15) is 0 Å². The number of nitrogens with two attached hydrogens (primary N) is 1. The van der Waals surface area contributed by atoms with Gasteiger partial charge >= 0.3 is 0 Å². The van der Waals surface area contributed by atoms with Crippen LogP contribution in [0.15, 0.2) is 23.6 Å². The maximum absolute atomic E-state index is 5.96. The Balaban J connectivity index is 2.13. The molecule has 2 N–H and O–H groups in total. The van der Waals surface area contributed by atoms with Gasteiger partial charge in [-0.25, -0.2) is 4.98 Å². The summed E-state index contributed by atoms with van der Waals surface area (Å²) in [7, 11) is 1.67. The van der Waals surface area contributed by atoms with Gasteiger partial charge in [0, 0.05) is 23.5 Å². The van der Waals surface area contributed by atoms with Crippen molar-refractivity contribution in [1.29, 1.82) is 0 Å². The number of benzene rings is 1. The zero-order valence-electron chi connectivity index (χ0n) is 14.2. The van der Waals surface area contributed by atoms with Crippen LogP contribution in [0.2, 0.25) is 0 Å². The van der Waals surface area contributed by atoms with Gasteiger partial charge in [-0.05, 0) is 37.5 Å². The number of hydrogen-bond acceptors (Lipinski definition) is 5. The fourth-order valence-electron chi connectivity index (χ4n) is 2.40. The highest BCUT2D eigenvalue weighted by molar-refractivity contribution is 7.09. The van der Waals surface area contributed by atoms with Crippen LogP contribution in [0.25, 0.3) is 0 Å². The van der Waals surface area contributed by atoms with E-state index in [2.05, 4.69) is 29.4 Å². The van der Waals surface area contributed by atoms with Crippen LogP contribution < -0.4 is 15.2 Å². The Kier molecular flexibility index (Phi) is 6.86. The van der Waals surface area contributed by atoms with Gasteiger partial charge in [-0.1, -0.05) is 19.4 Å². The smallest absolute Gasteiger partial charge is 0.161 e. The number of rotatable bonds is 9. The van der Waals surface area contributed by atoms with Gasteiger partial charge in [0.1, 0.15) is 0 Å². The fraction of sp³-hybridized carbons (Fsp3) is 0.500. The first-order valence-electron chi connectivity index (χ1n) is 8.09. The molecule has 0 radical (unpaired) electrons. The Bertz CT molecular complexity index is 613. The molecule has 5 heteroatoms. The van der Waals surface area contributed by atoms with E-state index in [1.165, 1.54) is 5.56 Å². The summed E-state index contributed by atoms with van der Waals surface area (Å²) in [5.41, 5.74) is 8.22. The average molecular weight is 334 g/mol. The Hall–Kier alpha value is -1.59. The lowest BCUT2D eigenvalue weighted by Gasteiger charge is -2.15. The van der Waals surface area contributed by atoms with Crippen LogP contribution in [-0.4, -0.2) is 25.2 Å². The molecule has 1 heterocycles. The Morgan fingerprint density at radius 2 is 2.13 bits per heavy atom. The number of aryl methyl sites for hydroxylation is 1. The summed E-state index contributed by atoms with van der Waals surface area (Å²) in [5.74, 6) is 1.83. The molecule has 4 nitrogen and oxygen atoms in total. The van der Waals surface area contributed by atoms with Crippen molar-refractivity contribution in [3.8, 4) is 11.5 Å². The third-order valence-electron chi connectivity index (χ3n) is 3.74. The van der Waals surface area contributed by atoms with Crippen molar-refractivity contribution in [2.75, 3.05) is 20.3 Å². The molecule has 0 fully saturated rings. The predicted molar refractivity (Wildman–Crippen MR) is 95.7 cm³/mol. The predicted octanol–water partition coefficient (Wildman–Crippen LogP) is 3.92. The van der Waals surface area contributed by atoms with Gasteiger partial charge in [-0.3, -0.25) is 0 Å². The summed E-state index contributed by atoms with van der Waals surface area (Å²) >= 11 is 1.68. The standard InChI is InChI=1S/C18H26N2O2S/c1-4-5-8-22-17-10-14(6-7-16(17)21-3)9-15(11-19)18-20-13(2)12-23-18/h6-7,10,12,15H,4-5,8-9,11,19H2,1-3H3. The maximum atomic E-state index is 5.96. The van der Waals surface area contributed by atoms with E-state index in [4.69, 9.17) is 15.2 Å². The highest BCUT2D eigenvalue weighted by Crippen LogP contribution is 2.31. The minimum absolute atomic E-state index is 0.241. The maximum Gasteiger partial charge on any atom is 0.161 e. The summed E-state index contributed by atoms with van der Waals surface area (Å²) in [6.07, 6.45) is 3.01. The lowest BCUT2D eigenvalue weighted by atomic mass is 9.99. The van der Waals surface area contributed by atoms with Crippen molar-refractivity contribution < 1.29 is 9.47 Å². The third kappa shape index (κ3) is 4.94. The van der Waals surface area contributed by atoms with E-state index in [1.807, 2.05) is 13.0 Å². The Morgan fingerprint density at radius 1 is 1.30 bits per heavy atom. The molecule has 1 aromatic heterocycles. The van der Waals surface area contributed by atoms with E-state index in [-0.39, 0.29) is 5.92 Å². The molecule has 0 bridgehead atoms. The van der Waals surface area contributed by atoms with Crippen LogP contribution in [0.5, 0.6) is 11.5 Å². The highest BCUT2D eigenvalue weighted by Gasteiger charge is 2.16. The van der Waals surface area contributed by atoms with Gasteiger partial charge in [0.2, 0.25) is 0 Å². The van der Waals surface area contributed by atoms with Crippen molar-refractivity contribution in [1.82, 2.24) is 4.98 Å². The minimum Gasteiger partial charge on any atom is -0.493 e. The largest absolute Gasteiger partial charge is 0.493 e. The summed E-state index contributed by atoms with van der Waals surface area (Å²) < 4.78 is 11.3. The monoisotopic (exact) mass is 334 g/mol. The molecule has 1 aromatic carbocycles. The van der Waals surface area contributed by atoms with E-state index in [0.717, 1.165) is 41.5 Å². The lowest BCUT2D eigenvalue weighted by molar-refractivity contribution is 0.288. The van der Waals surface area contributed by atoms with Crippen LogP contribution in [0.1, 0.15) is 41.9 Å². The molecule has 0 aliphatic carbocycles. The van der Waals surface area contributed by atoms with Gasteiger partial charge in [-0.15, -0.1) is 11.3 Å². The molecule has 0 saturated heterocycles. The molecule has 126 valence electrons. The normalized spacial score (nSPS) is 12.2. The first kappa shape index (κ1) is 17.8. The summed E-state index contributed by atoms with van der Waals surface area (Å²) in [5, 5.41) is 3.18. The number of unbranched alkanes of at least 4 members (excludes halogenated alkanes) is 1. The molecule has 1 unspecified atom stereocenters. The molecule has 1 atom stereocenters. The average Bonchev–Trinajstić information content (AvgIpc) is 2.99. The second kappa shape index (κ2) is 8.89. The van der Waals surface area contributed by atoms with Crippen molar-refractivity contribution >= 4 is 11.3 Å². The second-order valence-electron chi connectivity index (χ2n) is 5.65. The van der Waals surface area contributed by atoms with E-state index >= 15 is 0 Å². The van der Waals surface area contributed by atoms with Crippen LogP contribution >= 0.6 is 11.3 Å². The SMILES string of the molecule is CCCCOc1cc(CC(CN)c2nc(C)cs2)ccc1OC. The molecule has 0 amide bonds. The zero-order chi connectivity index (χ0) is 16.7. The van der Waals surface area contributed by atoms with Crippen molar-refractivity contribution in [3.63, 3.8) is 0 Å². The van der Waals surface area contributed by atoms with Crippen LogP contribution in [0.4, 0.5) is 0 Å². The molecule has 2 aromatic rings. The number of ether oxygens (including phenoxy) is 2. The number of nitrogens with zero attached hydrogens (tertiary/aromatic N) is 1. The fourth-order valence-corrected chi connectivity index (χ4v) is 3.32. The molecular weight excluding hydrogens is 308 g/mol. The highest BCUT2D eigenvalue weighted by atomic mass is 32.1. The number of hydrogen-bond donors (Lipinski definition) is 1. The molecule has 0 aliphatic rings. The van der Waals surface area contributed by atoms with Crippen molar-refractivity contribution in [2.24, 2.45) is 5.73 Å². The third-order valence-corrected chi connectivity index (χ3v) is 4.86. The van der Waals surface area contributed by atoms with Gasteiger partial charge in [0.25, 0.3) is 0 Å². The number of methoxy groups -OCH3 is 1. The van der Waals surface area contributed by atoms with Gasteiger partial charge in [0.05, 0.1) is 18.7 Å². The van der Waals surface area contributed by atoms with E-state index in [0.29, 0.717) is 13.2 Å². The van der Waals surface area contributed by atoms with Crippen LogP contribution in [0, 0.1) is 6.92 Å². The number of thiazole rings is 1. The summed E-state index contributed by atoms with van der Waals surface area (Å²) in [4.78, 5) is 4.58. The van der Waals surface area contributed by atoms with Crippen molar-refractivity contribution in [3.05, 3.63) is 39.8 Å². The van der Waals surface area contributed by atoms with E-state index in [9.17, 15) is 0 Å². The molecule has 2 rings (SSSR count). The quantitative estimate of drug-likeness (QED) is 0.706. The Labute approximate surface area is 142 Å². The van der Waals surface area contributed by atoms with E-state index in [1.54, 1.807) is 18.4 Å². The summed E-state index contributed by atoms with van der Waals surface area (Å²) in [6, 6.07) is 6.11. The van der Waals surface area contributed by atoms with Crippen LogP contribution in [0.3, 0.4) is 0 Å². The molecular formula is C18H26N2O2S. The zero-order valence-corrected chi connectivity index (χ0v) is 15.0. The molecule has 0 saturated carbocycles. The van der Waals surface area contributed by atoms with Crippen molar-refractivity contribution in [2.45, 2.75) is 39.0 Å².